The van der Waals surface area contributed by atoms with E-state index >= 15 is 0 Å². The summed E-state index contributed by atoms with van der Waals surface area (Å²) in [4.78, 5) is 26.4. The lowest BCUT2D eigenvalue weighted by Crippen LogP contribution is -2.45. The van der Waals surface area contributed by atoms with Gasteiger partial charge in [-0.05, 0) is 44.9 Å². The normalized spacial score (nSPS) is 15.8. The molecule has 2 N–H and O–H groups in total. The van der Waals surface area contributed by atoms with Gasteiger partial charge in [0.25, 0.3) is 0 Å². The van der Waals surface area contributed by atoms with E-state index in [-0.39, 0.29) is 23.6 Å². The minimum absolute atomic E-state index is 0.0297. The van der Waals surface area contributed by atoms with E-state index in [0.29, 0.717) is 5.75 Å². The molecule has 1 fully saturated rings. The van der Waals surface area contributed by atoms with Crippen LogP contribution in [0.2, 0.25) is 0 Å². The average molecular weight is 364 g/mol. The zero-order chi connectivity index (χ0) is 18.1. The van der Waals surface area contributed by atoms with Crippen molar-refractivity contribution in [1.82, 2.24) is 10.2 Å². The molecule has 1 aromatic rings. The van der Waals surface area contributed by atoms with Gasteiger partial charge in [0, 0.05) is 24.8 Å². The highest BCUT2D eigenvalue weighted by atomic mass is 32.2. The van der Waals surface area contributed by atoms with Crippen LogP contribution in [0.25, 0.3) is 0 Å². The Hall–Kier alpha value is -1.53. The lowest BCUT2D eigenvalue weighted by atomic mass is 10.1. The molecule has 1 aliphatic rings. The van der Waals surface area contributed by atoms with Crippen molar-refractivity contribution in [2.24, 2.45) is 0 Å². The van der Waals surface area contributed by atoms with Gasteiger partial charge in [0.1, 0.15) is 0 Å². The number of rotatable bonds is 8. The summed E-state index contributed by atoms with van der Waals surface area (Å²) >= 11 is 1.35. The van der Waals surface area contributed by atoms with E-state index in [1.54, 1.807) is 0 Å². The van der Waals surface area contributed by atoms with Gasteiger partial charge in [-0.15, -0.1) is 11.8 Å². The van der Waals surface area contributed by atoms with Gasteiger partial charge in [-0.2, -0.15) is 0 Å². The molecule has 2 amide bonds. The summed E-state index contributed by atoms with van der Waals surface area (Å²) in [5, 5.41) is 5.94. The van der Waals surface area contributed by atoms with Crippen LogP contribution in [-0.4, -0.2) is 53.9 Å². The quantitative estimate of drug-likeness (QED) is 0.745. The number of carbonyl (C=O) groups is 2. The fraction of sp³-hybridized carbons (Fsp3) is 0.579. The Kier molecular flexibility index (Phi) is 8.28. The first-order valence-corrected chi connectivity index (χ1v) is 10.2. The zero-order valence-corrected chi connectivity index (χ0v) is 16.0. The third-order valence-electron chi connectivity index (χ3n) is 4.29. The summed E-state index contributed by atoms with van der Waals surface area (Å²) in [6, 6.07) is 7.97. The van der Waals surface area contributed by atoms with Gasteiger partial charge in [-0.3, -0.25) is 9.59 Å². The Morgan fingerprint density at radius 3 is 2.40 bits per heavy atom. The maximum atomic E-state index is 12.0. The van der Waals surface area contributed by atoms with E-state index in [1.165, 1.54) is 18.2 Å². The molecule has 0 aromatic heterocycles. The summed E-state index contributed by atoms with van der Waals surface area (Å²) in [5.74, 6) is 0.573. The minimum atomic E-state index is -0.0745. The van der Waals surface area contributed by atoms with Crippen LogP contribution in [0.15, 0.2) is 24.3 Å². The largest absolute Gasteiger partial charge is 0.353 e. The smallest absolute Gasteiger partial charge is 0.234 e. The highest BCUT2D eigenvalue weighted by molar-refractivity contribution is 8.00. The Labute approximate surface area is 154 Å². The summed E-state index contributed by atoms with van der Waals surface area (Å²) in [6.07, 6.45) is 3.22. The number of thioether (sulfide) groups is 1. The number of nitrogens with one attached hydrogen (secondary N) is 2. The van der Waals surface area contributed by atoms with Gasteiger partial charge in [0.15, 0.2) is 0 Å². The van der Waals surface area contributed by atoms with Crippen molar-refractivity contribution in [1.29, 1.82) is 0 Å². The molecule has 138 valence electrons. The molecule has 0 spiro atoms. The van der Waals surface area contributed by atoms with Crippen molar-refractivity contribution in [2.45, 2.75) is 39.2 Å². The molecule has 1 heterocycles. The monoisotopic (exact) mass is 363 g/mol. The predicted octanol–water partition coefficient (Wildman–Crippen LogP) is 2.66. The van der Waals surface area contributed by atoms with Crippen LogP contribution in [0.1, 0.15) is 31.7 Å². The lowest BCUT2D eigenvalue weighted by Gasteiger charge is -2.32. The Morgan fingerprint density at radius 2 is 1.76 bits per heavy atom. The fourth-order valence-electron chi connectivity index (χ4n) is 2.96. The Balaban J connectivity index is 1.59. The van der Waals surface area contributed by atoms with E-state index in [9.17, 15) is 9.59 Å². The summed E-state index contributed by atoms with van der Waals surface area (Å²) in [6.45, 7) is 7.47. The highest BCUT2D eigenvalue weighted by Crippen LogP contribution is 2.12. The molecule has 1 aromatic carbocycles. The SMILES string of the molecule is CCCN1CCC(NC(=O)CSCC(=O)Nc2ccc(C)cc2)CC1. The third kappa shape index (κ3) is 7.48. The topological polar surface area (TPSA) is 61.4 Å². The maximum absolute atomic E-state index is 12.0. The summed E-state index contributed by atoms with van der Waals surface area (Å²) in [7, 11) is 0. The van der Waals surface area contributed by atoms with Gasteiger partial charge < -0.3 is 15.5 Å². The molecule has 1 saturated heterocycles. The molecule has 1 aliphatic heterocycles. The number of likely N-dealkylation sites (tertiary alicyclic amines) is 1. The summed E-state index contributed by atoms with van der Waals surface area (Å²) in [5.41, 5.74) is 1.95. The fourth-order valence-corrected chi connectivity index (χ4v) is 3.59. The first-order valence-electron chi connectivity index (χ1n) is 9.03. The van der Waals surface area contributed by atoms with Gasteiger partial charge in [0.05, 0.1) is 11.5 Å². The van der Waals surface area contributed by atoms with Crippen LogP contribution < -0.4 is 10.6 Å². The number of benzene rings is 1. The number of piperidine rings is 1. The molecule has 0 bridgehead atoms. The number of hydrogen-bond donors (Lipinski definition) is 2. The van der Waals surface area contributed by atoms with Gasteiger partial charge in [0.2, 0.25) is 11.8 Å². The molecule has 0 unspecified atom stereocenters. The van der Waals surface area contributed by atoms with E-state index in [2.05, 4.69) is 22.5 Å². The van der Waals surface area contributed by atoms with Crippen molar-refractivity contribution >= 4 is 29.3 Å². The first kappa shape index (κ1) is 19.8. The van der Waals surface area contributed by atoms with Crippen molar-refractivity contribution in [3.8, 4) is 0 Å². The number of carbonyl (C=O) groups excluding carboxylic acids is 2. The Morgan fingerprint density at radius 1 is 1.12 bits per heavy atom. The second kappa shape index (κ2) is 10.5. The second-order valence-corrected chi connectivity index (χ2v) is 7.58. The molecule has 2 rings (SSSR count). The van der Waals surface area contributed by atoms with Crippen molar-refractivity contribution in [3.05, 3.63) is 29.8 Å². The lowest BCUT2D eigenvalue weighted by molar-refractivity contribution is -0.119. The number of anilines is 1. The molecular formula is C19H29N3O2S. The minimum Gasteiger partial charge on any atom is -0.353 e. The van der Waals surface area contributed by atoms with Gasteiger partial charge >= 0.3 is 0 Å². The maximum Gasteiger partial charge on any atom is 0.234 e. The van der Waals surface area contributed by atoms with Crippen molar-refractivity contribution in [3.63, 3.8) is 0 Å². The molecular weight excluding hydrogens is 334 g/mol. The van der Waals surface area contributed by atoms with Gasteiger partial charge in [-0.25, -0.2) is 0 Å². The van der Waals surface area contributed by atoms with Crippen LogP contribution in [-0.2, 0) is 9.59 Å². The van der Waals surface area contributed by atoms with Gasteiger partial charge in [-0.1, -0.05) is 24.6 Å². The van der Waals surface area contributed by atoms with Crippen LogP contribution in [0.3, 0.4) is 0 Å². The van der Waals surface area contributed by atoms with Crippen molar-refractivity contribution in [2.75, 3.05) is 36.5 Å². The number of nitrogens with zero attached hydrogens (tertiary/aromatic N) is 1. The third-order valence-corrected chi connectivity index (χ3v) is 5.23. The van der Waals surface area contributed by atoms with E-state index < -0.39 is 0 Å². The number of hydrogen-bond acceptors (Lipinski definition) is 4. The van der Waals surface area contributed by atoms with Crippen LogP contribution in [0.4, 0.5) is 5.69 Å². The summed E-state index contributed by atoms with van der Waals surface area (Å²) < 4.78 is 0. The van der Waals surface area contributed by atoms with Crippen LogP contribution in [0, 0.1) is 6.92 Å². The number of aryl methyl sites for hydroxylation is 1. The Bertz CT molecular complexity index is 554. The van der Waals surface area contributed by atoms with E-state index in [4.69, 9.17) is 0 Å². The molecule has 5 nitrogen and oxygen atoms in total. The highest BCUT2D eigenvalue weighted by Gasteiger charge is 2.20. The molecule has 0 atom stereocenters. The van der Waals surface area contributed by atoms with Crippen LogP contribution >= 0.6 is 11.8 Å². The molecule has 0 aliphatic carbocycles. The van der Waals surface area contributed by atoms with Crippen LogP contribution in [0.5, 0.6) is 0 Å². The zero-order valence-electron chi connectivity index (χ0n) is 15.2. The molecule has 25 heavy (non-hydrogen) atoms. The molecule has 0 radical (unpaired) electrons. The standard InChI is InChI=1S/C19H29N3O2S/c1-3-10-22-11-8-17(9-12-22)21-19(24)14-25-13-18(23)20-16-6-4-15(2)5-7-16/h4-7,17H,3,8-14H2,1-2H3,(H,20,23)(H,21,24). The number of amides is 2. The predicted molar refractivity (Wildman–Crippen MR) is 105 cm³/mol. The first-order chi connectivity index (χ1) is 12.1. The second-order valence-electron chi connectivity index (χ2n) is 6.59. The molecule has 6 heteroatoms. The van der Waals surface area contributed by atoms with E-state index in [1.807, 2.05) is 31.2 Å². The molecule has 0 saturated carbocycles. The van der Waals surface area contributed by atoms with E-state index in [0.717, 1.165) is 43.7 Å². The van der Waals surface area contributed by atoms with Crippen molar-refractivity contribution < 1.29 is 9.59 Å². The average Bonchev–Trinajstić information content (AvgIpc) is 2.59.